The van der Waals surface area contributed by atoms with E-state index in [9.17, 15) is 0 Å². The molecule has 2 aliphatic rings. The number of rotatable bonds is 5. The number of benzene rings is 11. The van der Waals surface area contributed by atoms with Crippen LogP contribution in [0.4, 0.5) is 17.1 Å². The molecule has 6 heteroatoms. The van der Waals surface area contributed by atoms with Gasteiger partial charge in [-0.15, -0.1) is 0 Å². The molecule has 5 heterocycles. The molecule has 3 aromatic heterocycles. The van der Waals surface area contributed by atoms with Gasteiger partial charge < -0.3 is 23.0 Å². The molecule has 0 saturated heterocycles. The van der Waals surface area contributed by atoms with E-state index in [1.54, 1.807) is 0 Å². The Labute approximate surface area is 439 Å². The van der Waals surface area contributed by atoms with Crippen LogP contribution < -0.4 is 26.0 Å². The van der Waals surface area contributed by atoms with Gasteiger partial charge in [-0.1, -0.05) is 172 Å². The molecule has 0 unspecified atom stereocenters. The fraction of sp³-hybridized carbons (Fsp3) is 0.0571. The summed E-state index contributed by atoms with van der Waals surface area (Å²) in [5.74, 6) is 1.61. The van der Waals surface area contributed by atoms with Crippen molar-refractivity contribution in [2.24, 2.45) is 0 Å². The molecule has 5 nitrogen and oxygen atoms in total. The Kier molecular flexibility index (Phi) is 9.04. The molecule has 0 radical (unpaired) electrons. The second kappa shape index (κ2) is 16.0. The van der Waals surface area contributed by atoms with Crippen LogP contribution in [0, 0.1) is 0 Å². The van der Waals surface area contributed by atoms with Gasteiger partial charge in [0.2, 0.25) is 0 Å². The van der Waals surface area contributed by atoms with Crippen LogP contribution in [-0.2, 0) is 5.41 Å². The second-order valence-corrected chi connectivity index (χ2v) is 21.6. The maximum Gasteiger partial charge on any atom is 0.261 e. The number of ether oxygens (including phenoxy) is 1. The van der Waals surface area contributed by atoms with Crippen LogP contribution in [0.25, 0.3) is 105 Å². The molecule has 2 aliphatic heterocycles. The predicted octanol–water partition coefficient (Wildman–Crippen LogP) is 17.3. The maximum absolute atomic E-state index is 7.33. The Morgan fingerprint density at radius 3 is 1.63 bits per heavy atom. The Balaban J connectivity index is 0.982. The number of anilines is 3. The van der Waals surface area contributed by atoms with Crippen LogP contribution in [0.3, 0.4) is 0 Å². The van der Waals surface area contributed by atoms with Gasteiger partial charge in [0, 0.05) is 60.9 Å². The van der Waals surface area contributed by atoms with Crippen molar-refractivity contribution < 1.29 is 13.6 Å². The summed E-state index contributed by atoms with van der Waals surface area (Å²) in [6, 6.07) is 83.2. The van der Waals surface area contributed by atoms with Crippen molar-refractivity contribution in [2.75, 3.05) is 4.90 Å². The van der Waals surface area contributed by atoms with E-state index >= 15 is 0 Å². The largest absolute Gasteiger partial charge is 0.458 e. The Bertz CT molecular complexity index is 4660. The van der Waals surface area contributed by atoms with Crippen molar-refractivity contribution >= 4 is 106 Å². The fourth-order valence-corrected chi connectivity index (χ4v) is 12.6. The van der Waals surface area contributed by atoms with Gasteiger partial charge in [-0.25, -0.2) is 0 Å². The number of fused-ring (bicyclic) bond motifs is 16. The molecular weight excluding hydrogens is 928 g/mol. The van der Waals surface area contributed by atoms with Crippen molar-refractivity contribution in [3.05, 3.63) is 236 Å². The predicted molar refractivity (Wildman–Crippen MR) is 316 cm³/mol. The summed E-state index contributed by atoms with van der Waals surface area (Å²) in [6.07, 6.45) is 0. The van der Waals surface area contributed by atoms with Gasteiger partial charge in [-0.05, 0) is 128 Å². The smallest absolute Gasteiger partial charge is 0.261 e. The monoisotopic (exact) mass is 974 g/mol. The highest BCUT2D eigenvalue weighted by Crippen LogP contribution is 2.51. The lowest BCUT2D eigenvalue weighted by Gasteiger charge is -2.40. The number of hydrogen-bond donors (Lipinski definition) is 0. The first kappa shape index (κ1) is 42.9. The van der Waals surface area contributed by atoms with E-state index in [1.807, 2.05) is 0 Å². The standard InChI is InChI=1S/C70H47BN2O3/c1-70(2,3)48-31-35-57-54(40-48)53-39-45(42-18-7-4-8-19-42)30-34-56(53)72(57)49-32-33-55-62(41-49)74-61-29-17-26-58-65(61)71(55)66-67(69-64(52-25-14-16-28-60(52)76-69)63-51-24-13-15-27-59(51)75-68(63)66)73(58)50-37-46(43-20-9-5-10-21-43)36-47(38-50)44-22-11-6-12-23-44/h4-41H,1-3H3. The van der Waals surface area contributed by atoms with Gasteiger partial charge in [-0.3, -0.25) is 0 Å². The van der Waals surface area contributed by atoms with E-state index in [2.05, 4.69) is 261 Å². The molecule has 0 saturated carbocycles. The molecule has 11 aromatic carbocycles. The Morgan fingerprint density at radius 1 is 0.395 bits per heavy atom. The molecule has 358 valence electrons. The third kappa shape index (κ3) is 6.28. The number of aromatic nitrogens is 1. The van der Waals surface area contributed by atoms with E-state index in [0.29, 0.717) is 0 Å². The normalized spacial score (nSPS) is 13.0. The van der Waals surface area contributed by atoms with E-state index in [0.717, 1.165) is 128 Å². The SMILES string of the molecule is CC(C)(C)c1ccc2c(c1)c1cc(-c3ccccc3)ccc1n2-c1ccc2c(c1)Oc1cccc3c1B2c1c(c2oc4ccccc4c2c2c1oc1ccccc12)N3c1cc(-c2ccccc2)cc(-c2ccccc2)c1. The lowest BCUT2D eigenvalue weighted by Crippen LogP contribution is -2.59. The van der Waals surface area contributed by atoms with E-state index < -0.39 is 0 Å². The number of para-hydroxylation sites is 2. The first-order valence-corrected chi connectivity index (χ1v) is 26.3. The second-order valence-electron chi connectivity index (χ2n) is 21.6. The molecule has 0 spiro atoms. The Morgan fingerprint density at radius 2 is 0.974 bits per heavy atom. The molecule has 14 aromatic rings. The minimum atomic E-state index is -0.289. The topological polar surface area (TPSA) is 43.7 Å². The average Bonchev–Trinajstić information content (AvgIpc) is 4.32. The molecule has 0 bridgehead atoms. The summed E-state index contributed by atoms with van der Waals surface area (Å²) in [7, 11) is 0. The summed E-state index contributed by atoms with van der Waals surface area (Å²) in [5.41, 5.74) is 21.0. The van der Waals surface area contributed by atoms with Gasteiger partial charge >= 0.3 is 0 Å². The van der Waals surface area contributed by atoms with Crippen LogP contribution in [-0.4, -0.2) is 11.3 Å². The molecule has 76 heavy (non-hydrogen) atoms. The molecule has 0 fully saturated rings. The lowest BCUT2D eigenvalue weighted by molar-refractivity contribution is 0.487. The van der Waals surface area contributed by atoms with Crippen LogP contribution in [0.15, 0.2) is 239 Å². The van der Waals surface area contributed by atoms with Crippen LogP contribution in [0.2, 0.25) is 0 Å². The molecule has 0 aliphatic carbocycles. The first-order chi connectivity index (χ1) is 37.3. The van der Waals surface area contributed by atoms with E-state index in [-0.39, 0.29) is 12.1 Å². The summed E-state index contributed by atoms with van der Waals surface area (Å²) in [5, 5.41) is 6.64. The minimum Gasteiger partial charge on any atom is -0.458 e. The highest BCUT2D eigenvalue weighted by molar-refractivity contribution is 7.01. The zero-order valence-electron chi connectivity index (χ0n) is 42.1. The number of nitrogens with zero attached hydrogens (tertiary/aromatic N) is 2. The van der Waals surface area contributed by atoms with Gasteiger partial charge in [0.25, 0.3) is 6.71 Å². The fourth-order valence-electron chi connectivity index (χ4n) is 12.6. The zero-order valence-corrected chi connectivity index (χ0v) is 42.1. The van der Waals surface area contributed by atoms with Crippen molar-refractivity contribution in [3.8, 4) is 50.6 Å². The molecule has 0 atom stereocenters. The zero-order chi connectivity index (χ0) is 50.4. The van der Waals surface area contributed by atoms with Crippen molar-refractivity contribution in [1.29, 1.82) is 0 Å². The van der Waals surface area contributed by atoms with Gasteiger partial charge in [0.1, 0.15) is 28.2 Å². The summed E-state index contributed by atoms with van der Waals surface area (Å²) in [4.78, 5) is 2.43. The first-order valence-electron chi connectivity index (χ1n) is 26.3. The highest BCUT2D eigenvalue weighted by atomic mass is 16.5. The molecule has 16 rings (SSSR count). The lowest BCUT2D eigenvalue weighted by atomic mass is 9.34. The number of furan rings is 2. The highest BCUT2D eigenvalue weighted by Gasteiger charge is 2.46. The maximum atomic E-state index is 7.33. The van der Waals surface area contributed by atoms with Crippen LogP contribution in [0.5, 0.6) is 11.5 Å². The Hall–Kier alpha value is -9.52. The van der Waals surface area contributed by atoms with Crippen LogP contribution in [0.1, 0.15) is 26.3 Å². The molecular formula is C70H47BN2O3. The van der Waals surface area contributed by atoms with Crippen molar-refractivity contribution in [1.82, 2.24) is 4.57 Å². The van der Waals surface area contributed by atoms with E-state index in [1.165, 1.54) is 27.5 Å². The van der Waals surface area contributed by atoms with Gasteiger partial charge in [0.05, 0.1) is 16.7 Å². The average molecular weight is 975 g/mol. The number of hydrogen-bond acceptors (Lipinski definition) is 4. The van der Waals surface area contributed by atoms with Gasteiger partial charge in [-0.2, -0.15) is 0 Å². The minimum absolute atomic E-state index is 0.0223. The summed E-state index contributed by atoms with van der Waals surface area (Å²) in [6.45, 7) is 6.58. The third-order valence-electron chi connectivity index (χ3n) is 16.2. The van der Waals surface area contributed by atoms with Crippen LogP contribution >= 0.6 is 0 Å². The quantitative estimate of drug-likeness (QED) is 0.161. The van der Waals surface area contributed by atoms with Gasteiger partial charge in [0.15, 0.2) is 5.58 Å². The molecule has 0 amide bonds. The van der Waals surface area contributed by atoms with E-state index in [4.69, 9.17) is 13.6 Å². The molecule has 0 N–H and O–H groups in total. The third-order valence-corrected chi connectivity index (χ3v) is 16.2. The summed E-state index contributed by atoms with van der Waals surface area (Å²) >= 11 is 0. The van der Waals surface area contributed by atoms with Crippen molar-refractivity contribution in [3.63, 3.8) is 0 Å². The summed E-state index contributed by atoms with van der Waals surface area (Å²) < 4.78 is 24.4. The van der Waals surface area contributed by atoms with Crippen molar-refractivity contribution in [2.45, 2.75) is 26.2 Å².